The number of benzene rings is 2. The van der Waals surface area contributed by atoms with Crippen LogP contribution in [0.4, 0.5) is 5.69 Å². The number of hydrogen-bond acceptors (Lipinski definition) is 4. The highest BCUT2D eigenvalue weighted by Gasteiger charge is 2.39. The van der Waals surface area contributed by atoms with Crippen LogP contribution >= 0.6 is 11.6 Å². The van der Waals surface area contributed by atoms with Gasteiger partial charge in [-0.2, -0.15) is 0 Å². The van der Waals surface area contributed by atoms with Crippen molar-refractivity contribution in [3.8, 4) is 0 Å². The quantitative estimate of drug-likeness (QED) is 0.659. The van der Waals surface area contributed by atoms with Crippen LogP contribution in [0.2, 0.25) is 5.02 Å². The highest BCUT2D eigenvalue weighted by atomic mass is 35.5. The van der Waals surface area contributed by atoms with Gasteiger partial charge < -0.3 is 10.2 Å². The Morgan fingerprint density at radius 3 is 2.45 bits per heavy atom. The van der Waals surface area contributed by atoms with Crippen LogP contribution in [0.3, 0.4) is 0 Å². The zero-order chi connectivity index (χ0) is 22.8. The molecule has 0 bridgehead atoms. The number of carbonyl (C=O) groups excluding carboxylic acids is 1. The highest BCUT2D eigenvalue weighted by Crippen LogP contribution is 2.46. The molecule has 31 heavy (non-hydrogen) atoms. The Hall–Kier alpha value is -2.31. The Labute approximate surface area is 190 Å². The van der Waals surface area contributed by atoms with E-state index in [1.807, 2.05) is 30.3 Å². The lowest BCUT2D eigenvalue weighted by atomic mass is 9.89. The topological polar surface area (TPSA) is 66.5 Å². The van der Waals surface area contributed by atoms with Crippen LogP contribution < -0.4 is 10.2 Å². The molecular weight excluding hydrogens is 432 g/mol. The molecule has 1 aliphatic heterocycles. The van der Waals surface area contributed by atoms with E-state index in [1.54, 1.807) is 19.1 Å². The van der Waals surface area contributed by atoms with Crippen LogP contribution in [-0.4, -0.2) is 33.2 Å². The van der Waals surface area contributed by atoms with E-state index in [9.17, 15) is 13.2 Å². The van der Waals surface area contributed by atoms with Crippen LogP contribution in [0, 0.1) is 5.41 Å². The van der Waals surface area contributed by atoms with Gasteiger partial charge in [-0.3, -0.25) is 4.79 Å². The number of halogens is 1. The molecule has 1 unspecified atom stereocenters. The van der Waals surface area contributed by atoms with Gasteiger partial charge in [0.05, 0.1) is 6.04 Å². The Morgan fingerprint density at radius 2 is 1.84 bits per heavy atom. The number of nitrogens with one attached hydrogen (secondary N) is 1. The average Bonchev–Trinajstić information content (AvgIpc) is 3.01. The van der Waals surface area contributed by atoms with Gasteiger partial charge in [-0.15, -0.1) is 0 Å². The Kier molecular flexibility index (Phi) is 6.82. The van der Waals surface area contributed by atoms with Crippen LogP contribution in [0.25, 0.3) is 0 Å². The highest BCUT2D eigenvalue weighted by molar-refractivity contribution is 7.93. The van der Waals surface area contributed by atoms with E-state index >= 15 is 0 Å². The van der Waals surface area contributed by atoms with Gasteiger partial charge in [0.25, 0.3) is 5.91 Å². The van der Waals surface area contributed by atoms with E-state index < -0.39 is 15.9 Å². The van der Waals surface area contributed by atoms with Crippen molar-refractivity contribution in [3.05, 3.63) is 76.2 Å². The van der Waals surface area contributed by atoms with Crippen molar-refractivity contribution in [1.82, 2.24) is 5.32 Å². The molecule has 0 saturated carbocycles. The number of sulfone groups is 1. The Bertz CT molecular complexity index is 1080. The lowest BCUT2D eigenvalue weighted by Crippen LogP contribution is -2.31. The third-order valence-corrected chi connectivity index (χ3v) is 6.41. The molecule has 1 fully saturated rings. The molecule has 166 valence electrons. The molecule has 0 aromatic heterocycles. The van der Waals surface area contributed by atoms with Crippen LogP contribution in [-0.2, 0) is 9.84 Å². The van der Waals surface area contributed by atoms with E-state index in [0.717, 1.165) is 40.9 Å². The normalized spacial score (nSPS) is 19.5. The van der Waals surface area contributed by atoms with Gasteiger partial charge in [0.1, 0.15) is 0 Å². The number of anilines is 1. The third kappa shape index (κ3) is 6.11. The molecular formula is C24H29ClN2O3S. The predicted octanol–water partition coefficient (Wildman–Crippen LogP) is 4.99. The predicted molar refractivity (Wildman–Crippen MR) is 127 cm³/mol. The second-order valence-corrected chi connectivity index (χ2v) is 11.3. The van der Waals surface area contributed by atoms with Gasteiger partial charge in [0.15, 0.2) is 9.84 Å². The molecule has 1 saturated heterocycles. The smallest absolute Gasteiger partial charge is 0.251 e. The molecule has 2 aromatic carbocycles. The van der Waals surface area contributed by atoms with Crippen molar-refractivity contribution in [2.24, 2.45) is 5.41 Å². The third-order valence-electron chi connectivity index (χ3n) is 5.42. The first-order valence-corrected chi connectivity index (χ1v) is 12.6. The molecule has 7 heteroatoms. The number of hydrogen-bond donors (Lipinski definition) is 1. The lowest BCUT2D eigenvalue weighted by Gasteiger charge is -2.28. The molecule has 0 spiro atoms. The summed E-state index contributed by atoms with van der Waals surface area (Å²) in [4.78, 5) is 14.9. The summed E-state index contributed by atoms with van der Waals surface area (Å²) in [5.41, 5.74) is 2.82. The van der Waals surface area contributed by atoms with Crippen LogP contribution in [0.15, 0.2) is 60.0 Å². The van der Waals surface area contributed by atoms with Crippen molar-refractivity contribution < 1.29 is 13.2 Å². The zero-order valence-electron chi connectivity index (χ0n) is 18.3. The minimum atomic E-state index is -3.22. The zero-order valence-corrected chi connectivity index (χ0v) is 19.9. The first-order chi connectivity index (χ1) is 14.5. The number of carbonyl (C=O) groups is 1. The summed E-state index contributed by atoms with van der Waals surface area (Å²) in [6.45, 7) is 7.13. The first-order valence-electron chi connectivity index (χ1n) is 10.3. The van der Waals surface area contributed by atoms with E-state index in [0.29, 0.717) is 5.56 Å². The monoisotopic (exact) mass is 460 g/mol. The van der Waals surface area contributed by atoms with E-state index in [4.69, 9.17) is 11.6 Å². The Morgan fingerprint density at radius 1 is 1.19 bits per heavy atom. The lowest BCUT2D eigenvalue weighted by molar-refractivity contribution is 0.0947. The minimum Gasteiger partial charge on any atom is -0.364 e. The number of nitrogens with zero attached hydrogens (tertiary/aromatic N) is 1. The standard InChI is InChI=1S/C24H29ClN2O3S/c1-17(13-14-31(4,29)30)26-23(28)18-9-11-19(12-10-18)27-16-24(2,3)15-22(27)20-7-5-6-8-21(20)25/h5-14,17,22H,15-16H2,1-4H3,(H,26,28)/b14-13+/t17-,22?/m1/s1. The Balaban J connectivity index is 1.77. The second-order valence-electron chi connectivity index (χ2n) is 9.00. The maximum atomic E-state index is 12.5. The summed E-state index contributed by atoms with van der Waals surface area (Å²) >= 11 is 6.50. The molecule has 2 atom stereocenters. The number of amides is 1. The maximum Gasteiger partial charge on any atom is 0.251 e. The van der Waals surface area contributed by atoms with E-state index in [-0.39, 0.29) is 17.4 Å². The summed E-state index contributed by atoms with van der Waals surface area (Å²) < 4.78 is 22.5. The van der Waals surface area contributed by atoms with E-state index in [1.165, 1.54) is 6.08 Å². The molecule has 0 aliphatic carbocycles. The average molecular weight is 461 g/mol. The van der Waals surface area contributed by atoms with Gasteiger partial charge in [-0.1, -0.05) is 49.7 Å². The molecule has 3 rings (SSSR count). The van der Waals surface area contributed by atoms with Crippen molar-refractivity contribution in [2.45, 2.75) is 39.3 Å². The SMILES string of the molecule is C[C@H](/C=C/S(C)(=O)=O)NC(=O)c1ccc(N2CC(C)(C)CC2c2ccccc2Cl)cc1. The molecule has 1 amide bonds. The van der Waals surface area contributed by atoms with Crippen LogP contribution in [0.1, 0.15) is 49.2 Å². The molecule has 5 nitrogen and oxygen atoms in total. The largest absolute Gasteiger partial charge is 0.364 e. The molecule has 1 N–H and O–H groups in total. The maximum absolute atomic E-state index is 12.5. The van der Waals surface area contributed by atoms with Crippen molar-refractivity contribution in [3.63, 3.8) is 0 Å². The first kappa shape index (κ1) is 23.4. The van der Waals surface area contributed by atoms with Crippen molar-refractivity contribution >= 4 is 33.0 Å². The summed E-state index contributed by atoms with van der Waals surface area (Å²) in [6.07, 6.45) is 3.57. The van der Waals surface area contributed by atoms with Crippen molar-refractivity contribution in [1.29, 1.82) is 0 Å². The van der Waals surface area contributed by atoms with Crippen molar-refractivity contribution in [2.75, 3.05) is 17.7 Å². The van der Waals surface area contributed by atoms with Crippen LogP contribution in [0.5, 0.6) is 0 Å². The molecule has 1 aliphatic rings. The second kappa shape index (κ2) is 9.05. The fraction of sp³-hybridized carbons (Fsp3) is 0.375. The van der Waals surface area contributed by atoms with Gasteiger partial charge in [0.2, 0.25) is 0 Å². The van der Waals surface area contributed by atoms with E-state index in [2.05, 4.69) is 30.1 Å². The van der Waals surface area contributed by atoms with Gasteiger partial charge in [0, 0.05) is 40.5 Å². The minimum absolute atomic E-state index is 0.140. The van der Waals surface area contributed by atoms with Gasteiger partial charge >= 0.3 is 0 Å². The summed E-state index contributed by atoms with van der Waals surface area (Å²) in [5, 5.41) is 4.66. The summed E-state index contributed by atoms with van der Waals surface area (Å²) in [6, 6.07) is 15.2. The molecule has 0 radical (unpaired) electrons. The summed E-state index contributed by atoms with van der Waals surface area (Å²) in [7, 11) is -3.22. The summed E-state index contributed by atoms with van der Waals surface area (Å²) in [5.74, 6) is -0.249. The fourth-order valence-electron chi connectivity index (χ4n) is 3.97. The molecule has 2 aromatic rings. The molecule has 1 heterocycles. The fourth-order valence-corrected chi connectivity index (χ4v) is 4.75. The van der Waals surface area contributed by atoms with Gasteiger partial charge in [-0.05, 0) is 54.7 Å². The number of rotatable bonds is 6. The van der Waals surface area contributed by atoms with Gasteiger partial charge in [-0.25, -0.2) is 8.42 Å².